The SMILES string of the molecule is c1ccc(-c2ccc(-c3nc(-n4c5ccccc5c5cc6sc7cc8c(cc7c6cc54)c4ccccc4n8-c4ccccc4)c4oc5ccccc5c4n3)cc2)cc1. The molecule has 0 spiro atoms. The lowest BCUT2D eigenvalue weighted by molar-refractivity contribution is 0.662. The van der Waals surface area contributed by atoms with Crippen LogP contribution in [0.3, 0.4) is 0 Å². The van der Waals surface area contributed by atoms with Gasteiger partial charge in [0, 0.05) is 58.4 Å². The third-order valence-electron chi connectivity index (χ3n) is 11.7. The molecule has 5 aromatic heterocycles. The third-order valence-corrected chi connectivity index (χ3v) is 12.9. The van der Waals surface area contributed by atoms with Crippen LogP contribution in [0.25, 0.3) is 120 Å². The van der Waals surface area contributed by atoms with Crippen molar-refractivity contribution < 1.29 is 4.42 Å². The lowest BCUT2D eigenvalue weighted by atomic mass is 10.0. The molecule has 270 valence electrons. The van der Waals surface area contributed by atoms with Crippen LogP contribution in [0.2, 0.25) is 0 Å². The largest absolute Gasteiger partial charge is 0.450 e. The summed E-state index contributed by atoms with van der Waals surface area (Å²) < 4.78 is 13.9. The van der Waals surface area contributed by atoms with Gasteiger partial charge in [-0.25, -0.2) is 9.97 Å². The van der Waals surface area contributed by atoms with Crippen LogP contribution in [-0.2, 0) is 0 Å². The molecule has 0 aliphatic heterocycles. The molecular formula is C52H30N4OS. The molecule has 0 amide bonds. The summed E-state index contributed by atoms with van der Waals surface area (Å²) in [5.74, 6) is 1.38. The summed E-state index contributed by atoms with van der Waals surface area (Å²) in [6, 6.07) is 64.7. The maximum Gasteiger partial charge on any atom is 0.197 e. The Morgan fingerprint density at radius 1 is 0.397 bits per heavy atom. The van der Waals surface area contributed by atoms with E-state index in [0.717, 1.165) is 50.2 Å². The first kappa shape index (κ1) is 31.6. The smallest absolute Gasteiger partial charge is 0.197 e. The van der Waals surface area contributed by atoms with Gasteiger partial charge in [0.25, 0.3) is 0 Å². The number of thiophene rings is 1. The summed E-state index contributed by atoms with van der Waals surface area (Å²) in [5, 5.41) is 8.27. The average Bonchev–Trinajstić information content (AvgIpc) is 4.02. The fourth-order valence-corrected chi connectivity index (χ4v) is 10.2. The molecular weight excluding hydrogens is 729 g/mol. The summed E-state index contributed by atoms with van der Waals surface area (Å²) >= 11 is 1.86. The fourth-order valence-electron chi connectivity index (χ4n) is 9.08. The van der Waals surface area contributed by atoms with Crippen molar-refractivity contribution in [3.8, 4) is 34.0 Å². The van der Waals surface area contributed by atoms with Gasteiger partial charge in [-0.15, -0.1) is 11.3 Å². The zero-order valence-corrected chi connectivity index (χ0v) is 31.7. The lowest BCUT2D eigenvalue weighted by Gasteiger charge is -2.10. The molecule has 13 aromatic rings. The molecule has 0 N–H and O–H groups in total. The van der Waals surface area contributed by atoms with Gasteiger partial charge in [-0.2, -0.15) is 0 Å². The molecule has 8 aromatic carbocycles. The van der Waals surface area contributed by atoms with E-state index in [-0.39, 0.29) is 0 Å². The molecule has 5 heterocycles. The first-order valence-electron chi connectivity index (χ1n) is 19.5. The van der Waals surface area contributed by atoms with Crippen LogP contribution in [0.5, 0.6) is 0 Å². The molecule has 0 aliphatic carbocycles. The minimum atomic E-state index is 0.652. The highest BCUT2D eigenvalue weighted by Crippen LogP contribution is 2.45. The minimum Gasteiger partial charge on any atom is -0.450 e. The molecule has 6 heteroatoms. The molecule has 13 rings (SSSR count). The van der Waals surface area contributed by atoms with E-state index in [4.69, 9.17) is 14.4 Å². The van der Waals surface area contributed by atoms with E-state index in [1.165, 1.54) is 58.3 Å². The molecule has 0 unspecified atom stereocenters. The maximum absolute atomic E-state index is 6.70. The van der Waals surface area contributed by atoms with Crippen molar-refractivity contribution in [1.29, 1.82) is 0 Å². The summed E-state index contributed by atoms with van der Waals surface area (Å²) in [6.07, 6.45) is 0. The quantitative estimate of drug-likeness (QED) is 0.180. The van der Waals surface area contributed by atoms with Crippen LogP contribution in [0.15, 0.2) is 186 Å². The van der Waals surface area contributed by atoms with Gasteiger partial charge in [-0.3, -0.25) is 4.57 Å². The van der Waals surface area contributed by atoms with Crippen LogP contribution in [0.1, 0.15) is 0 Å². The van der Waals surface area contributed by atoms with E-state index in [0.29, 0.717) is 11.4 Å². The number of hydrogen-bond donors (Lipinski definition) is 0. The molecule has 0 saturated carbocycles. The number of nitrogens with zero attached hydrogens (tertiary/aromatic N) is 4. The molecule has 0 aliphatic rings. The normalized spacial score (nSPS) is 12.1. The Bertz CT molecular complexity index is 3780. The second-order valence-electron chi connectivity index (χ2n) is 15.0. The van der Waals surface area contributed by atoms with Gasteiger partial charge in [0.1, 0.15) is 11.1 Å². The van der Waals surface area contributed by atoms with E-state index < -0.39 is 0 Å². The summed E-state index contributed by atoms with van der Waals surface area (Å²) in [5.41, 5.74) is 11.2. The second-order valence-corrected chi connectivity index (χ2v) is 16.0. The monoisotopic (exact) mass is 758 g/mol. The van der Waals surface area contributed by atoms with Crippen molar-refractivity contribution in [2.75, 3.05) is 0 Å². The van der Waals surface area contributed by atoms with Crippen molar-refractivity contribution in [3.63, 3.8) is 0 Å². The van der Waals surface area contributed by atoms with Crippen LogP contribution >= 0.6 is 11.3 Å². The standard InChI is InChI=1S/C52H30N4OS/c1-3-13-31(14-4-1)32-23-25-33(26-24-32)51-53-49-37-19-9-12-22-46(37)57-50(49)52(54-51)56-43-21-11-8-18-36(43)39-29-47-41(28-44(39)56)40-27-38-35-17-7-10-20-42(35)55(34-15-5-2-6-16-34)45(38)30-48(40)58-47/h1-30H. The fraction of sp³-hybridized carbons (Fsp3) is 0. The van der Waals surface area contributed by atoms with Crippen LogP contribution in [-0.4, -0.2) is 19.1 Å². The van der Waals surface area contributed by atoms with Gasteiger partial charge in [-0.1, -0.05) is 121 Å². The van der Waals surface area contributed by atoms with Crippen molar-refractivity contribution in [1.82, 2.24) is 19.1 Å². The first-order chi connectivity index (χ1) is 28.7. The summed E-state index contributed by atoms with van der Waals surface area (Å²) in [4.78, 5) is 10.6. The molecule has 0 radical (unpaired) electrons. The van der Waals surface area contributed by atoms with E-state index in [1.54, 1.807) is 0 Å². The Morgan fingerprint density at radius 2 is 0.966 bits per heavy atom. The zero-order valence-electron chi connectivity index (χ0n) is 30.9. The molecule has 5 nitrogen and oxygen atoms in total. The highest BCUT2D eigenvalue weighted by molar-refractivity contribution is 7.26. The number of rotatable bonds is 4. The number of fused-ring (bicyclic) bond motifs is 12. The Labute approximate surface area is 335 Å². The molecule has 0 bridgehead atoms. The number of furan rings is 1. The Morgan fingerprint density at radius 3 is 1.74 bits per heavy atom. The number of aromatic nitrogens is 4. The highest BCUT2D eigenvalue weighted by atomic mass is 32.1. The number of benzene rings is 8. The highest BCUT2D eigenvalue weighted by Gasteiger charge is 2.23. The van der Waals surface area contributed by atoms with Gasteiger partial charge in [0.2, 0.25) is 0 Å². The van der Waals surface area contributed by atoms with Gasteiger partial charge in [0.05, 0.1) is 22.1 Å². The Kier molecular flexibility index (Phi) is 6.54. The zero-order chi connectivity index (χ0) is 37.9. The number of para-hydroxylation sites is 4. The van der Waals surface area contributed by atoms with Gasteiger partial charge in [0.15, 0.2) is 17.2 Å². The van der Waals surface area contributed by atoms with Gasteiger partial charge >= 0.3 is 0 Å². The maximum atomic E-state index is 6.70. The third kappa shape index (κ3) is 4.52. The summed E-state index contributed by atoms with van der Waals surface area (Å²) in [6.45, 7) is 0. The first-order valence-corrected chi connectivity index (χ1v) is 20.3. The van der Waals surface area contributed by atoms with Crippen LogP contribution < -0.4 is 0 Å². The van der Waals surface area contributed by atoms with Crippen molar-refractivity contribution >= 4 is 97.2 Å². The average molecular weight is 759 g/mol. The number of hydrogen-bond acceptors (Lipinski definition) is 4. The Balaban J connectivity index is 1.09. The van der Waals surface area contributed by atoms with Gasteiger partial charge < -0.3 is 8.98 Å². The van der Waals surface area contributed by atoms with E-state index >= 15 is 0 Å². The lowest BCUT2D eigenvalue weighted by Crippen LogP contribution is -2.01. The molecule has 0 fully saturated rings. The molecule has 0 saturated heterocycles. The van der Waals surface area contributed by atoms with E-state index in [1.807, 2.05) is 35.6 Å². The van der Waals surface area contributed by atoms with E-state index in [9.17, 15) is 0 Å². The van der Waals surface area contributed by atoms with Crippen molar-refractivity contribution in [3.05, 3.63) is 182 Å². The van der Waals surface area contributed by atoms with Crippen molar-refractivity contribution in [2.24, 2.45) is 0 Å². The topological polar surface area (TPSA) is 48.8 Å². The second kappa shape index (κ2) is 12.0. The molecule has 0 atom stereocenters. The van der Waals surface area contributed by atoms with Crippen LogP contribution in [0.4, 0.5) is 0 Å². The van der Waals surface area contributed by atoms with Crippen LogP contribution in [0, 0.1) is 0 Å². The minimum absolute atomic E-state index is 0.652. The van der Waals surface area contributed by atoms with E-state index in [2.05, 4.69) is 167 Å². The predicted molar refractivity (Wildman–Crippen MR) is 242 cm³/mol. The van der Waals surface area contributed by atoms with Gasteiger partial charge in [-0.05, 0) is 71.8 Å². The van der Waals surface area contributed by atoms with Crippen molar-refractivity contribution in [2.45, 2.75) is 0 Å². The predicted octanol–water partition coefficient (Wildman–Crippen LogP) is 14.3. The summed E-state index contributed by atoms with van der Waals surface area (Å²) in [7, 11) is 0. The molecule has 58 heavy (non-hydrogen) atoms. The Hall–Kier alpha value is -7.54.